The van der Waals surface area contributed by atoms with E-state index in [1.54, 1.807) is 6.07 Å². The van der Waals surface area contributed by atoms with E-state index >= 15 is 0 Å². The average molecular weight is 329 g/mol. The maximum absolute atomic E-state index is 10.6. The molecule has 19 heavy (non-hydrogen) atoms. The van der Waals surface area contributed by atoms with Gasteiger partial charge >= 0.3 is 0 Å². The van der Waals surface area contributed by atoms with Gasteiger partial charge in [-0.1, -0.05) is 12.8 Å². The minimum atomic E-state index is -0.417. The zero-order valence-electron chi connectivity index (χ0n) is 10.5. The van der Waals surface area contributed by atoms with Crippen LogP contribution in [0.3, 0.4) is 0 Å². The highest BCUT2D eigenvalue weighted by Gasteiger charge is 2.22. The third kappa shape index (κ3) is 3.67. The predicted octanol–water partition coefficient (Wildman–Crippen LogP) is 3.32. The van der Waals surface area contributed by atoms with Gasteiger partial charge in [0, 0.05) is 34.8 Å². The molecule has 1 aliphatic carbocycles. The van der Waals surface area contributed by atoms with Crippen molar-refractivity contribution >= 4 is 27.3 Å². The van der Waals surface area contributed by atoms with E-state index in [-0.39, 0.29) is 17.7 Å². The monoisotopic (exact) mass is 328 g/mol. The molecule has 5 nitrogen and oxygen atoms in total. The first kappa shape index (κ1) is 14.3. The van der Waals surface area contributed by atoms with E-state index in [2.05, 4.69) is 21.2 Å². The maximum atomic E-state index is 10.6. The van der Waals surface area contributed by atoms with Crippen LogP contribution >= 0.6 is 15.9 Å². The molecule has 0 spiro atoms. The Hall–Kier alpha value is -1.14. The Bertz CT molecular complexity index is 467. The summed E-state index contributed by atoms with van der Waals surface area (Å²) in [6.07, 6.45) is 3.91. The Balaban J connectivity index is 1.97. The second-order valence-electron chi connectivity index (χ2n) is 4.91. The van der Waals surface area contributed by atoms with Gasteiger partial charge in [0.25, 0.3) is 5.69 Å². The highest BCUT2D eigenvalue weighted by molar-refractivity contribution is 9.10. The molecule has 0 bridgehead atoms. The Morgan fingerprint density at radius 3 is 2.79 bits per heavy atom. The van der Waals surface area contributed by atoms with Gasteiger partial charge in [-0.2, -0.15) is 0 Å². The first-order valence-electron chi connectivity index (χ1n) is 6.44. The summed E-state index contributed by atoms with van der Waals surface area (Å²) in [5.41, 5.74) is 0.887. The molecule has 2 unspecified atom stereocenters. The van der Waals surface area contributed by atoms with Crippen molar-refractivity contribution < 1.29 is 10.0 Å². The van der Waals surface area contributed by atoms with E-state index < -0.39 is 4.92 Å². The number of benzene rings is 1. The van der Waals surface area contributed by atoms with Crippen molar-refractivity contribution in [2.45, 2.75) is 31.8 Å². The Labute approximate surface area is 120 Å². The molecule has 2 rings (SSSR count). The second-order valence-corrected chi connectivity index (χ2v) is 5.77. The number of hydrogen-bond acceptors (Lipinski definition) is 4. The van der Waals surface area contributed by atoms with Crippen molar-refractivity contribution in [3.05, 3.63) is 32.8 Å². The van der Waals surface area contributed by atoms with Gasteiger partial charge in [-0.05, 0) is 34.8 Å². The zero-order chi connectivity index (χ0) is 13.8. The van der Waals surface area contributed by atoms with Gasteiger partial charge in [0.15, 0.2) is 0 Å². The van der Waals surface area contributed by atoms with E-state index in [4.69, 9.17) is 0 Å². The molecule has 6 heteroatoms. The molecule has 0 aromatic heterocycles. The number of non-ortho nitro benzene ring substituents is 1. The van der Waals surface area contributed by atoms with Crippen LogP contribution < -0.4 is 5.32 Å². The smallest absolute Gasteiger partial charge is 0.270 e. The molecule has 2 atom stereocenters. The zero-order valence-corrected chi connectivity index (χ0v) is 12.1. The number of hydrogen-bond donors (Lipinski definition) is 2. The van der Waals surface area contributed by atoms with Gasteiger partial charge in [-0.25, -0.2) is 0 Å². The molecule has 0 aliphatic heterocycles. The molecule has 1 saturated carbocycles. The van der Waals surface area contributed by atoms with Crippen LogP contribution in [-0.2, 0) is 0 Å². The second kappa shape index (κ2) is 6.34. The summed E-state index contributed by atoms with van der Waals surface area (Å²) in [6, 6.07) is 4.65. The molecule has 1 aromatic rings. The van der Waals surface area contributed by atoms with Crippen molar-refractivity contribution in [2.75, 3.05) is 11.9 Å². The first-order chi connectivity index (χ1) is 9.08. The van der Waals surface area contributed by atoms with Gasteiger partial charge in [0.2, 0.25) is 0 Å². The quantitative estimate of drug-likeness (QED) is 0.656. The predicted molar refractivity (Wildman–Crippen MR) is 77.3 cm³/mol. The van der Waals surface area contributed by atoms with Crippen molar-refractivity contribution in [1.29, 1.82) is 0 Å². The van der Waals surface area contributed by atoms with Crippen LogP contribution in [0.4, 0.5) is 11.4 Å². The van der Waals surface area contributed by atoms with Gasteiger partial charge < -0.3 is 10.4 Å². The van der Waals surface area contributed by atoms with Gasteiger partial charge in [0.1, 0.15) is 0 Å². The highest BCUT2D eigenvalue weighted by atomic mass is 79.9. The number of nitro groups is 1. The number of nitrogens with zero attached hydrogens (tertiary/aromatic N) is 1. The molecule has 1 aromatic carbocycles. The van der Waals surface area contributed by atoms with Crippen LogP contribution in [0.15, 0.2) is 22.7 Å². The van der Waals surface area contributed by atoms with E-state index in [1.807, 2.05) is 0 Å². The number of halogens is 1. The van der Waals surface area contributed by atoms with E-state index in [0.29, 0.717) is 11.0 Å². The summed E-state index contributed by atoms with van der Waals surface area (Å²) in [5.74, 6) is 0.260. The Morgan fingerprint density at radius 2 is 2.16 bits per heavy atom. The molecule has 1 aliphatic rings. The van der Waals surface area contributed by atoms with Crippen molar-refractivity contribution in [2.24, 2.45) is 5.92 Å². The van der Waals surface area contributed by atoms with Crippen molar-refractivity contribution in [3.8, 4) is 0 Å². The van der Waals surface area contributed by atoms with Gasteiger partial charge in [0.05, 0.1) is 11.0 Å². The molecule has 2 N–H and O–H groups in total. The lowest BCUT2D eigenvalue weighted by Gasteiger charge is -2.28. The van der Waals surface area contributed by atoms with E-state index in [0.717, 1.165) is 31.4 Å². The van der Waals surface area contributed by atoms with E-state index in [1.165, 1.54) is 12.1 Å². The average Bonchev–Trinajstić information content (AvgIpc) is 2.39. The highest BCUT2D eigenvalue weighted by Crippen LogP contribution is 2.29. The van der Waals surface area contributed by atoms with Crippen LogP contribution in [-0.4, -0.2) is 22.7 Å². The first-order valence-corrected chi connectivity index (χ1v) is 7.23. The third-order valence-corrected chi connectivity index (χ3v) is 4.24. The summed E-state index contributed by atoms with van der Waals surface area (Å²) >= 11 is 3.33. The van der Waals surface area contributed by atoms with Gasteiger partial charge in [-0.15, -0.1) is 0 Å². The largest absolute Gasteiger partial charge is 0.393 e. The number of nitro benzene ring substituents is 1. The molecule has 0 radical (unpaired) electrons. The van der Waals surface area contributed by atoms with Crippen LogP contribution in [0.1, 0.15) is 25.7 Å². The molecule has 0 saturated heterocycles. The molecular formula is C13H17BrN2O3. The summed E-state index contributed by atoms with van der Waals surface area (Å²) in [4.78, 5) is 10.2. The van der Waals surface area contributed by atoms with Crippen LogP contribution in [0, 0.1) is 16.0 Å². The fourth-order valence-electron chi connectivity index (χ4n) is 2.43. The van der Waals surface area contributed by atoms with E-state index in [9.17, 15) is 15.2 Å². The fraction of sp³-hybridized carbons (Fsp3) is 0.538. The number of nitrogens with one attached hydrogen (secondary N) is 1. The molecule has 104 valence electrons. The topological polar surface area (TPSA) is 75.4 Å². The van der Waals surface area contributed by atoms with Crippen molar-refractivity contribution in [3.63, 3.8) is 0 Å². The number of aliphatic hydroxyl groups excluding tert-OH is 1. The van der Waals surface area contributed by atoms with Crippen LogP contribution in [0.5, 0.6) is 0 Å². The number of aliphatic hydroxyl groups is 1. The lowest BCUT2D eigenvalue weighted by atomic mass is 9.86. The molecule has 1 fully saturated rings. The van der Waals surface area contributed by atoms with Crippen LogP contribution in [0.2, 0.25) is 0 Å². The molecular weight excluding hydrogens is 312 g/mol. The summed E-state index contributed by atoms with van der Waals surface area (Å²) in [7, 11) is 0. The normalized spacial score (nSPS) is 23.1. The lowest BCUT2D eigenvalue weighted by Crippen LogP contribution is -2.30. The minimum absolute atomic E-state index is 0.0649. The molecule has 0 amide bonds. The standard InChI is InChI=1S/C13H17BrN2O3/c14-11-7-10(16(18)19)5-6-12(11)15-8-9-3-1-2-4-13(9)17/h5-7,9,13,15,17H,1-4,8H2. The number of rotatable bonds is 4. The molecule has 0 heterocycles. The third-order valence-electron chi connectivity index (χ3n) is 3.59. The summed E-state index contributed by atoms with van der Waals surface area (Å²) in [5, 5.41) is 23.8. The Morgan fingerprint density at radius 1 is 1.42 bits per heavy atom. The SMILES string of the molecule is O=[N+]([O-])c1ccc(NCC2CCCCC2O)c(Br)c1. The van der Waals surface area contributed by atoms with Gasteiger partial charge in [-0.3, -0.25) is 10.1 Å². The fourth-order valence-corrected chi connectivity index (χ4v) is 2.94. The number of anilines is 1. The Kier molecular flexibility index (Phi) is 4.76. The van der Waals surface area contributed by atoms with Crippen LogP contribution in [0.25, 0.3) is 0 Å². The lowest BCUT2D eigenvalue weighted by molar-refractivity contribution is -0.384. The summed E-state index contributed by atoms with van der Waals surface area (Å²) in [6.45, 7) is 0.692. The van der Waals surface area contributed by atoms with Crippen molar-refractivity contribution in [1.82, 2.24) is 0 Å². The minimum Gasteiger partial charge on any atom is -0.393 e. The summed E-state index contributed by atoms with van der Waals surface area (Å²) < 4.78 is 0.673. The maximum Gasteiger partial charge on any atom is 0.270 e.